The standard InChI is InChI=1S/C13H12FNO3S/c1-7-15-11(13(16)18-3)12(19-7)8-4-5-10(17-2)9(14)6-8/h4-6H,1-3H3. The van der Waals surface area contributed by atoms with Gasteiger partial charge in [-0.25, -0.2) is 14.2 Å². The number of hydrogen-bond donors (Lipinski definition) is 0. The zero-order chi connectivity index (χ0) is 14.0. The third-order valence-electron chi connectivity index (χ3n) is 2.53. The Morgan fingerprint density at radius 1 is 1.37 bits per heavy atom. The third-order valence-corrected chi connectivity index (χ3v) is 3.55. The number of hydrogen-bond acceptors (Lipinski definition) is 5. The minimum absolute atomic E-state index is 0.157. The number of rotatable bonds is 3. The van der Waals surface area contributed by atoms with Crippen LogP contribution >= 0.6 is 11.3 Å². The number of nitrogens with zero attached hydrogens (tertiary/aromatic N) is 1. The molecule has 2 rings (SSSR count). The summed E-state index contributed by atoms with van der Waals surface area (Å²) in [6, 6.07) is 4.51. The topological polar surface area (TPSA) is 48.4 Å². The number of aryl methyl sites for hydroxylation is 1. The number of ether oxygens (including phenoxy) is 2. The Morgan fingerprint density at radius 3 is 2.68 bits per heavy atom. The van der Waals surface area contributed by atoms with E-state index in [2.05, 4.69) is 9.72 Å². The van der Waals surface area contributed by atoms with Crippen molar-refractivity contribution < 1.29 is 18.7 Å². The van der Waals surface area contributed by atoms with Crippen LogP contribution < -0.4 is 4.74 Å². The summed E-state index contributed by atoms with van der Waals surface area (Å²) in [5.41, 5.74) is 0.777. The lowest BCUT2D eigenvalue weighted by molar-refractivity contribution is 0.0595. The van der Waals surface area contributed by atoms with Gasteiger partial charge in [0.25, 0.3) is 0 Å². The molecule has 2 aromatic rings. The zero-order valence-corrected chi connectivity index (χ0v) is 11.5. The van der Waals surface area contributed by atoms with E-state index in [9.17, 15) is 9.18 Å². The quantitative estimate of drug-likeness (QED) is 0.811. The van der Waals surface area contributed by atoms with E-state index < -0.39 is 11.8 Å². The van der Waals surface area contributed by atoms with Crippen LogP contribution in [0, 0.1) is 12.7 Å². The van der Waals surface area contributed by atoms with Crippen molar-refractivity contribution >= 4 is 17.3 Å². The number of methoxy groups -OCH3 is 2. The highest BCUT2D eigenvalue weighted by atomic mass is 32.1. The number of carbonyl (C=O) groups is 1. The molecular weight excluding hydrogens is 269 g/mol. The molecule has 100 valence electrons. The van der Waals surface area contributed by atoms with E-state index in [-0.39, 0.29) is 11.4 Å². The molecule has 1 heterocycles. The van der Waals surface area contributed by atoms with Crippen molar-refractivity contribution in [2.45, 2.75) is 6.92 Å². The smallest absolute Gasteiger partial charge is 0.358 e. The van der Waals surface area contributed by atoms with Crippen LogP contribution in [0.1, 0.15) is 15.5 Å². The maximum atomic E-state index is 13.7. The van der Waals surface area contributed by atoms with Crippen LogP contribution in [0.2, 0.25) is 0 Å². The predicted molar refractivity (Wildman–Crippen MR) is 70.1 cm³/mol. The number of carbonyl (C=O) groups excluding carboxylic acids is 1. The first-order valence-corrected chi connectivity index (χ1v) is 6.28. The van der Waals surface area contributed by atoms with Gasteiger partial charge in [0.2, 0.25) is 0 Å². The van der Waals surface area contributed by atoms with E-state index in [1.807, 2.05) is 0 Å². The lowest BCUT2D eigenvalue weighted by Crippen LogP contribution is -2.03. The van der Waals surface area contributed by atoms with Gasteiger partial charge < -0.3 is 9.47 Å². The van der Waals surface area contributed by atoms with Crippen molar-refractivity contribution in [2.24, 2.45) is 0 Å². The fourth-order valence-electron chi connectivity index (χ4n) is 1.67. The second-order valence-corrected chi connectivity index (χ2v) is 4.95. The minimum Gasteiger partial charge on any atom is -0.494 e. The van der Waals surface area contributed by atoms with Crippen LogP contribution in [0.15, 0.2) is 18.2 Å². The molecule has 0 unspecified atom stereocenters. The van der Waals surface area contributed by atoms with E-state index in [1.54, 1.807) is 13.0 Å². The van der Waals surface area contributed by atoms with Gasteiger partial charge in [-0.15, -0.1) is 11.3 Å². The number of esters is 1. The highest BCUT2D eigenvalue weighted by Gasteiger charge is 2.19. The fraction of sp³-hybridized carbons (Fsp3) is 0.231. The molecular formula is C13H12FNO3S. The SMILES string of the molecule is COC(=O)c1nc(C)sc1-c1ccc(OC)c(F)c1. The second kappa shape index (κ2) is 5.36. The minimum atomic E-state index is -0.532. The van der Waals surface area contributed by atoms with Crippen molar-refractivity contribution in [1.82, 2.24) is 4.98 Å². The van der Waals surface area contributed by atoms with E-state index in [0.29, 0.717) is 15.4 Å². The van der Waals surface area contributed by atoms with E-state index >= 15 is 0 Å². The van der Waals surface area contributed by atoms with Gasteiger partial charge in [-0.2, -0.15) is 0 Å². The Morgan fingerprint density at radius 2 is 2.11 bits per heavy atom. The summed E-state index contributed by atoms with van der Waals surface area (Å²) in [6.45, 7) is 1.78. The van der Waals surface area contributed by atoms with Gasteiger partial charge in [0.05, 0.1) is 24.1 Å². The van der Waals surface area contributed by atoms with Crippen LogP contribution in [-0.4, -0.2) is 25.2 Å². The monoisotopic (exact) mass is 281 g/mol. The molecule has 1 aromatic carbocycles. The van der Waals surface area contributed by atoms with Crippen molar-refractivity contribution in [3.05, 3.63) is 34.7 Å². The first kappa shape index (κ1) is 13.5. The van der Waals surface area contributed by atoms with Gasteiger partial charge in [-0.1, -0.05) is 0 Å². The van der Waals surface area contributed by atoms with Crippen LogP contribution in [0.25, 0.3) is 10.4 Å². The number of halogens is 1. The van der Waals surface area contributed by atoms with Gasteiger partial charge in [0, 0.05) is 0 Å². The van der Waals surface area contributed by atoms with Crippen molar-refractivity contribution in [3.8, 4) is 16.2 Å². The van der Waals surface area contributed by atoms with Crippen LogP contribution in [0.4, 0.5) is 4.39 Å². The molecule has 0 radical (unpaired) electrons. The Hall–Kier alpha value is -1.95. The summed E-state index contributed by atoms with van der Waals surface area (Å²) in [6.07, 6.45) is 0. The molecule has 0 fully saturated rings. The van der Waals surface area contributed by atoms with Gasteiger partial charge in [0.1, 0.15) is 0 Å². The molecule has 0 aliphatic heterocycles. The number of thiazole rings is 1. The summed E-state index contributed by atoms with van der Waals surface area (Å²) >= 11 is 1.31. The molecule has 19 heavy (non-hydrogen) atoms. The summed E-state index contributed by atoms with van der Waals surface area (Å²) in [5.74, 6) is -0.859. The Balaban J connectivity index is 2.52. The first-order valence-electron chi connectivity index (χ1n) is 5.46. The fourth-order valence-corrected chi connectivity index (χ4v) is 2.57. The predicted octanol–water partition coefficient (Wildman–Crippen LogP) is 3.05. The van der Waals surface area contributed by atoms with Gasteiger partial charge in [-0.3, -0.25) is 0 Å². The maximum absolute atomic E-state index is 13.7. The molecule has 1 aromatic heterocycles. The van der Waals surface area contributed by atoms with Crippen molar-refractivity contribution in [2.75, 3.05) is 14.2 Å². The molecule has 0 atom stereocenters. The molecule has 6 heteroatoms. The molecule has 0 saturated heterocycles. The van der Waals surface area contributed by atoms with Crippen LogP contribution in [0.3, 0.4) is 0 Å². The molecule has 0 N–H and O–H groups in total. The van der Waals surface area contributed by atoms with Crippen molar-refractivity contribution in [3.63, 3.8) is 0 Å². The Labute approximate surface area is 113 Å². The summed E-state index contributed by atoms with van der Waals surface area (Å²) < 4.78 is 23.2. The maximum Gasteiger partial charge on any atom is 0.358 e. The van der Waals surface area contributed by atoms with E-state index in [0.717, 1.165) is 0 Å². The molecule has 0 aliphatic rings. The average molecular weight is 281 g/mol. The normalized spacial score (nSPS) is 10.3. The zero-order valence-electron chi connectivity index (χ0n) is 10.7. The van der Waals surface area contributed by atoms with Crippen LogP contribution in [0.5, 0.6) is 5.75 Å². The summed E-state index contributed by atoms with van der Waals surface area (Å²) in [5, 5.41) is 0.714. The molecule has 4 nitrogen and oxygen atoms in total. The highest BCUT2D eigenvalue weighted by Crippen LogP contribution is 2.33. The Kier molecular flexibility index (Phi) is 3.80. The van der Waals surface area contributed by atoms with Crippen molar-refractivity contribution in [1.29, 1.82) is 0 Å². The second-order valence-electron chi connectivity index (χ2n) is 3.75. The average Bonchev–Trinajstić information content (AvgIpc) is 2.79. The van der Waals surface area contributed by atoms with Gasteiger partial charge >= 0.3 is 5.97 Å². The molecule has 0 spiro atoms. The molecule has 0 bridgehead atoms. The number of benzene rings is 1. The van der Waals surface area contributed by atoms with Gasteiger partial charge in [0.15, 0.2) is 17.3 Å². The number of aromatic nitrogens is 1. The van der Waals surface area contributed by atoms with Crippen LogP contribution in [-0.2, 0) is 4.74 Å². The van der Waals surface area contributed by atoms with Gasteiger partial charge in [-0.05, 0) is 30.7 Å². The molecule has 0 saturated carbocycles. The summed E-state index contributed by atoms with van der Waals surface area (Å²) in [7, 11) is 2.68. The van der Waals surface area contributed by atoms with E-state index in [1.165, 1.54) is 37.7 Å². The third kappa shape index (κ3) is 2.58. The first-order chi connectivity index (χ1) is 9.06. The lowest BCUT2D eigenvalue weighted by atomic mass is 10.1. The highest BCUT2D eigenvalue weighted by molar-refractivity contribution is 7.15. The molecule has 0 amide bonds. The van der Waals surface area contributed by atoms with E-state index in [4.69, 9.17) is 4.74 Å². The molecule has 0 aliphatic carbocycles. The Bertz CT molecular complexity index is 624. The largest absolute Gasteiger partial charge is 0.494 e. The lowest BCUT2D eigenvalue weighted by Gasteiger charge is -2.04. The summed E-state index contributed by atoms with van der Waals surface area (Å²) in [4.78, 5) is 16.3.